The van der Waals surface area contributed by atoms with Crippen molar-refractivity contribution in [2.75, 3.05) is 23.7 Å². The van der Waals surface area contributed by atoms with E-state index in [1.807, 2.05) is 6.92 Å². The topological polar surface area (TPSA) is 96.0 Å². The number of halogens is 1. The molecule has 3 rings (SSSR count). The summed E-state index contributed by atoms with van der Waals surface area (Å²) in [5, 5.41) is 3.60. The maximum Gasteiger partial charge on any atom is 0.244 e. The van der Waals surface area contributed by atoms with Gasteiger partial charge in [0.05, 0.1) is 18.6 Å². The van der Waals surface area contributed by atoms with E-state index in [-0.39, 0.29) is 18.5 Å². The van der Waals surface area contributed by atoms with Gasteiger partial charge in [0.1, 0.15) is 18.3 Å². The number of carbonyl (C=O) groups excluding carboxylic acids is 2. The number of hydrogen-bond acceptors (Lipinski definition) is 5. The average Bonchev–Trinajstić information content (AvgIpc) is 3.35. The smallest absolute Gasteiger partial charge is 0.244 e. The minimum Gasteiger partial charge on any atom is -0.494 e. The molecule has 1 atom stereocenters. The maximum absolute atomic E-state index is 13.6. The summed E-state index contributed by atoms with van der Waals surface area (Å²) in [6.45, 7) is 3.69. The van der Waals surface area contributed by atoms with Gasteiger partial charge >= 0.3 is 0 Å². The van der Waals surface area contributed by atoms with Gasteiger partial charge in [-0.3, -0.25) is 13.9 Å². The molecule has 0 spiro atoms. The van der Waals surface area contributed by atoms with Gasteiger partial charge in [-0.2, -0.15) is 0 Å². The number of benzene rings is 2. The fourth-order valence-electron chi connectivity index (χ4n) is 4.25. The Bertz CT molecular complexity index is 1130. The molecule has 0 bridgehead atoms. The molecule has 1 aliphatic rings. The monoisotopic (exact) mass is 535 g/mol. The Balaban J connectivity index is 1.85. The molecule has 1 saturated carbocycles. The summed E-state index contributed by atoms with van der Waals surface area (Å²) in [6.07, 6.45) is 5.03. The van der Waals surface area contributed by atoms with Gasteiger partial charge in [0.2, 0.25) is 21.8 Å². The molecule has 1 unspecified atom stereocenters. The van der Waals surface area contributed by atoms with Gasteiger partial charge in [-0.1, -0.05) is 36.6 Å². The van der Waals surface area contributed by atoms with Crippen LogP contribution in [0, 0.1) is 0 Å². The molecule has 0 aliphatic heterocycles. The molecule has 1 aliphatic carbocycles. The lowest BCUT2D eigenvalue weighted by Crippen LogP contribution is -2.52. The van der Waals surface area contributed by atoms with E-state index in [1.54, 1.807) is 55.5 Å². The van der Waals surface area contributed by atoms with Crippen LogP contribution in [0.1, 0.15) is 45.1 Å². The van der Waals surface area contributed by atoms with E-state index in [0.29, 0.717) is 23.1 Å². The number of anilines is 1. The Morgan fingerprint density at radius 2 is 1.69 bits per heavy atom. The van der Waals surface area contributed by atoms with Crippen LogP contribution in [0.25, 0.3) is 0 Å². The van der Waals surface area contributed by atoms with Crippen molar-refractivity contribution in [3.63, 3.8) is 0 Å². The predicted molar refractivity (Wildman–Crippen MR) is 142 cm³/mol. The van der Waals surface area contributed by atoms with Crippen molar-refractivity contribution in [2.24, 2.45) is 0 Å². The predicted octanol–water partition coefficient (Wildman–Crippen LogP) is 3.98. The third-order valence-corrected chi connectivity index (χ3v) is 7.64. The number of sulfonamides is 1. The van der Waals surface area contributed by atoms with Crippen molar-refractivity contribution >= 4 is 39.1 Å². The molecule has 36 heavy (non-hydrogen) atoms. The van der Waals surface area contributed by atoms with Crippen LogP contribution in [0.5, 0.6) is 5.75 Å². The highest BCUT2D eigenvalue weighted by atomic mass is 35.5. The van der Waals surface area contributed by atoms with Crippen molar-refractivity contribution in [3.8, 4) is 5.75 Å². The van der Waals surface area contributed by atoms with E-state index >= 15 is 0 Å². The molecule has 2 aromatic rings. The van der Waals surface area contributed by atoms with Crippen LogP contribution in [0.3, 0.4) is 0 Å². The van der Waals surface area contributed by atoms with Crippen molar-refractivity contribution < 1.29 is 22.7 Å². The van der Waals surface area contributed by atoms with Gasteiger partial charge in [0.25, 0.3) is 0 Å². The summed E-state index contributed by atoms with van der Waals surface area (Å²) < 4.78 is 31.8. The zero-order chi connectivity index (χ0) is 26.3. The molecule has 0 heterocycles. The van der Waals surface area contributed by atoms with Crippen molar-refractivity contribution in [1.82, 2.24) is 10.2 Å². The Morgan fingerprint density at radius 3 is 2.25 bits per heavy atom. The van der Waals surface area contributed by atoms with Crippen LogP contribution in [-0.2, 0) is 26.2 Å². The minimum absolute atomic E-state index is 0.101. The highest BCUT2D eigenvalue weighted by molar-refractivity contribution is 7.92. The van der Waals surface area contributed by atoms with Crippen molar-refractivity contribution in [1.29, 1.82) is 0 Å². The van der Waals surface area contributed by atoms with E-state index in [9.17, 15) is 18.0 Å². The van der Waals surface area contributed by atoms with Crippen molar-refractivity contribution in [3.05, 3.63) is 59.1 Å². The quantitative estimate of drug-likeness (QED) is 0.469. The third-order valence-electron chi connectivity index (χ3n) is 6.25. The lowest BCUT2D eigenvalue weighted by molar-refractivity contribution is -0.139. The lowest BCUT2D eigenvalue weighted by atomic mass is 10.1. The Labute approximate surface area is 218 Å². The zero-order valence-corrected chi connectivity index (χ0v) is 22.5. The number of rotatable bonds is 11. The SMILES string of the molecule is CCOc1ccc(N(CC(=O)N(Cc2ccc(Cl)cc2)C(C)C(=O)NC2CCCC2)S(C)(=O)=O)cc1. The lowest BCUT2D eigenvalue weighted by Gasteiger charge is -2.32. The van der Waals surface area contributed by atoms with Crippen LogP contribution in [0.15, 0.2) is 48.5 Å². The number of amides is 2. The van der Waals surface area contributed by atoms with Gasteiger partial charge in [-0.05, 0) is 68.7 Å². The summed E-state index contributed by atoms with van der Waals surface area (Å²) >= 11 is 6.01. The molecule has 0 radical (unpaired) electrons. The molecule has 1 fully saturated rings. The molecule has 0 aromatic heterocycles. The van der Waals surface area contributed by atoms with Crippen LogP contribution in [0.4, 0.5) is 5.69 Å². The van der Waals surface area contributed by atoms with Gasteiger partial charge < -0.3 is 15.0 Å². The number of nitrogens with zero attached hydrogens (tertiary/aromatic N) is 2. The first-order chi connectivity index (χ1) is 17.1. The molecule has 10 heteroatoms. The summed E-state index contributed by atoms with van der Waals surface area (Å²) in [5.41, 5.74) is 1.11. The second-order valence-corrected chi connectivity index (χ2v) is 11.4. The molecular formula is C26H34ClN3O5S. The Morgan fingerprint density at radius 1 is 1.08 bits per heavy atom. The summed E-state index contributed by atoms with van der Waals surface area (Å²) in [5.74, 6) is -0.142. The molecule has 2 aromatic carbocycles. The first-order valence-electron chi connectivity index (χ1n) is 12.1. The van der Waals surface area contributed by atoms with E-state index in [2.05, 4.69) is 5.32 Å². The van der Waals surface area contributed by atoms with E-state index in [1.165, 1.54) is 4.90 Å². The van der Waals surface area contributed by atoms with Gasteiger partial charge in [0, 0.05) is 17.6 Å². The summed E-state index contributed by atoms with van der Waals surface area (Å²) in [4.78, 5) is 28.1. The molecule has 0 saturated heterocycles. The average molecular weight is 536 g/mol. The molecule has 8 nitrogen and oxygen atoms in total. The van der Waals surface area contributed by atoms with E-state index < -0.39 is 28.5 Å². The fourth-order valence-corrected chi connectivity index (χ4v) is 5.23. The zero-order valence-electron chi connectivity index (χ0n) is 20.9. The second kappa shape index (κ2) is 12.5. The Kier molecular flexibility index (Phi) is 9.62. The third kappa shape index (κ3) is 7.61. The normalized spacial score (nSPS) is 14.8. The largest absolute Gasteiger partial charge is 0.494 e. The van der Waals surface area contributed by atoms with Gasteiger partial charge in [-0.25, -0.2) is 8.42 Å². The fraction of sp³-hybridized carbons (Fsp3) is 0.462. The molecular weight excluding hydrogens is 502 g/mol. The number of nitrogens with one attached hydrogen (secondary N) is 1. The number of hydrogen-bond donors (Lipinski definition) is 1. The number of carbonyl (C=O) groups is 2. The first-order valence-corrected chi connectivity index (χ1v) is 14.4. The van der Waals surface area contributed by atoms with Gasteiger partial charge in [0.15, 0.2) is 0 Å². The van der Waals surface area contributed by atoms with Crippen LogP contribution >= 0.6 is 11.6 Å². The van der Waals surface area contributed by atoms with Gasteiger partial charge in [-0.15, -0.1) is 0 Å². The van der Waals surface area contributed by atoms with E-state index in [4.69, 9.17) is 16.3 Å². The minimum atomic E-state index is -3.79. The van der Waals surface area contributed by atoms with Crippen LogP contribution < -0.4 is 14.4 Å². The second-order valence-electron chi connectivity index (χ2n) is 9.01. The first kappa shape index (κ1) is 27.8. The standard InChI is InChI=1S/C26H34ClN3O5S/c1-4-35-24-15-13-23(14-16-24)30(36(3,33)34)18-25(31)29(17-20-9-11-21(27)12-10-20)19(2)26(32)28-22-7-5-6-8-22/h9-16,19,22H,4-8,17-18H2,1-3H3,(H,28,32). The Hall–Kier alpha value is -2.78. The number of ether oxygens (including phenoxy) is 1. The van der Waals surface area contributed by atoms with Crippen LogP contribution in [-0.4, -0.2) is 56.6 Å². The van der Waals surface area contributed by atoms with E-state index in [0.717, 1.165) is 41.8 Å². The highest BCUT2D eigenvalue weighted by Crippen LogP contribution is 2.23. The molecule has 196 valence electrons. The highest BCUT2D eigenvalue weighted by Gasteiger charge is 2.31. The summed E-state index contributed by atoms with van der Waals surface area (Å²) in [7, 11) is -3.79. The molecule has 1 N–H and O–H groups in total. The molecule has 2 amide bonds. The summed E-state index contributed by atoms with van der Waals surface area (Å²) in [6, 6.07) is 12.8. The maximum atomic E-state index is 13.6. The van der Waals surface area contributed by atoms with Crippen LogP contribution in [0.2, 0.25) is 5.02 Å². The van der Waals surface area contributed by atoms with Crippen molar-refractivity contribution in [2.45, 2.75) is 58.2 Å².